The lowest BCUT2D eigenvalue weighted by molar-refractivity contribution is 0.0734. The molecule has 6 heterocycles. The average Bonchev–Trinajstić information content (AvgIpc) is 3.61. The molecule has 2 fully saturated rings. The van der Waals surface area contributed by atoms with Crippen molar-refractivity contribution >= 4 is 38.6 Å². The first-order chi connectivity index (χ1) is 19.5. The summed E-state index contributed by atoms with van der Waals surface area (Å²) in [5, 5.41) is 1.07. The first-order valence-electron chi connectivity index (χ1n) is 13.8. The molecule has 0 amide bonds. The summed E-state index contributed by atoms with van der Waals surface area (Å²) in [5.41, 5.74) is 3.77. The Bertz CT molecular complexity index is 1610. The number of thioether (sulfide) groups is 1. The molecule has 3 aromatic rings. The van der Waals surface area contributed by atoms with Crippen molar-refractivity contribution in [2.45, 2.75) is 35.8 Å². The summed E-state index contributed by atoms with van der Waals surface area (Å²) < 4.78 is 39.5. The lowest BCUT2D eigenvalue weighted by Gasteiger charge is -2.29. The van der Waals surface area contributed by atoms with E-state index in [1.165, 1.54) is 0 Å². The van der Waals surface area contributed by atoms with Gasteiger partial charge in [0.1, 0.15) is 11.5 Å². The van der Waals surface area contributed by atoms with E-state index in [9.17, 15) is 8.42 Å². The molecule has 2 atom stereocenters. The highest BCUT2D eigenvalue weighted by Gasteiger charge is 2.39. The number of nitrogens with zero attached hydrogens (tertiary/aromatic N) is 5. The summed E-state index contributed by atoms with van der Waals surface area (Å²) in [5.74, 6) is 1.67. The zero-order valence-corrected chi connectivity index (χ0v) is 24.0. The van der Waals surface area contributed by atoms with Gasteiger partial charge in [-0.25, -0.2) is 23.4 Å². The Labute approximate surface area is 237 Å². The standard InChI is InChI=1S/C28H32N6O4S2/c1-18-23-25(39-24(18)19-3-2-4-22(16-19)40(35,36)34-9-13-38-14-10-34)28(33-7-11-37-12-8-33)32-27(31-23)21-15-20-5-6-29-26(20)30-17-21/h3,5-6,15-18,24H,2,4,7-14H2,1H3,(H,29,30). The number of pyridine rings is 1. The molecule has 10 nitrogen and oxygen atoms in total. The van der Waals surface area contributed by atoms with Gasteiger partial charge in [0, 0.05) is 60.7 Å². The van der Waals surface area contributed by atoms with Crippen LogP contribution in [0, 0.1) is 0 Å². The van der Waals surface area contributed by atoms with Crippen LogP contribution in [-0.4, -0.2) is 90.5 Å². The van der Waals surface area contributed by atoms with Crippen LogP contribution in [0.4, 0.5) is 5.82 Å². The number of nitrogens with one attached hydrogen (secondary N) is 1. The molecule has 40 heavy (non-hydrogen) atoms. The van der Waals surface area contributed by atoms with Crippen molar-refractivity contribution in [1.82, 2.24) is 24.2 Å². The van der Waals surface area contributed by atoms with E-state index < -0.39 is 10.0 Å². The van der Waals surface area contributed by atoms with Gasteiger partial charge in [0.25, 0.3) is 0 Å². The third-order valence-corrected chi connectivity index (χ3v) is 11.6. The number of hydrogen-bond acceptors (Lipinski definition) is 9. The Morgan fingerprint density at radius 1 is 1.07 bits per heavy atom. The molecule has 210 valence electrons. The topological polar surface area (TPSA) is 114 Å². The maximum absolute atomic E-state index is 13.5. The number of aromatic nitrogens is 4. The van der Waals surface area contributed by atoms with E-state index in [0.717, 1.165) is 51.7 Å². The van der Waals surface area contributed by atoms with Gasteiger partial charge in [0.05, 0.1) is 41.9 Å². The van der Waals surface area contributed by atoms with Crippen molar-refractivity contribution in [1.29, 1.82) is 0 Å². The normalized spacial score (nSPS) is 24.2. The van der Waals surface area contributed by atoms with Crippen molar-refractivity contribution in [3.8, 4) is 11.4 Å². The lowest BCUT2D eigenvalue weighted by atomic mass is 9.93. The zero-order valence-electron chi connectivity index (χ0n) is 22.4. The van der Waals surface area contributed by atoms with Crippen LogP contribution in [0.3, 0.4) is 0 Å². The average molecular weight is 581 g/mol. The van der Waals surface area contributed by atoms with E-state index >= 15 is 0 Å². The number of allylic oxidation sites excluding steroid dienone is 3. The number of ether oxygens (including phenoxy) is 2. The molecule has 3 aromatic heterocycles. The Morgan fingerprint density at radius 3 is 2.65 bits per heavy atom. The van der Waals surface area contributed by atoms with Crippen LogP contribution in [0.5, 0.6) is 0 Å². The number of hydrogen-bond donors (Lipinski definition) is 1. The first-order valence-corrected chi connectivity index (χ1v) is 16.1. The van der Waals surface area contributed by atoms with Gasteiger partial charge in [-0.05, 0) is 36.6 Å². The highest BCUT2D eigenvalue weighted by Crippen LogP contribution is 2.52. The zero-order chi connectivity index (χ0) is 27.3. The predicted molar refractivity (Wildman–Crippen MR) is 155 cm³/mol. The smallest absolute Gasteiger partial charge is 0.239 e. The summed E-state index contributed by atoms with van der Waals surface area (Å²) in [6, 6.07) is 4.07. The summed E-state index contributed by atoms with van der Waals surface area (Å²) in [7, 11) is -3.51. The van der Waals surface area contributed by atoms with Crippen molar-refractivity contribution in [3.05, 3.63) is 52.9 Å². The molecule has 12 heteroatoms. The van der Waals surface area contributed by atoms with E-state index in [1.54, 1.807) is 16.1 Å². The van der Waals surface area contributed by atoms with Gasteiger partial charge >= 0.3 is 0 Å². The van der Waals surface area contributed by atoms with Crippen LogP contribution in [0.15, 0.2) is 52.1 Å². The number of aromatic amines is 1. The SMILES string of the molecule is CC1c2nc(-c3cnc4[nH]ccc4c3)nc(N3CCOCC3)c2SC1C1=CCCC(S(=O)(=O)N2CCOCC2)=C1. The lowest BCUT2D eigenvalue weighted by Crippen LogP contribution is -2.41. The van der Waals surface area contributed by atoms with Gasteiger partial charge in [0.2, 0.25) is 10.0 Å². The summed E-state index contributed by atoms with van der Waals surface area (Å²) in [6.45, 7) is 6.74. The van der Waals surface area contributed by atoms with Crippen LogP contribution < -0.4 is 4.90 Å². The molecule has 0 bridgehead atoms. The van der Waals surface area contributed by atoms with Crippen molar-refractivity contribution in [2.75, 3.05) is 57.5 Å². The number of sulfonamides is 1. The minimum absolute atomic E-state index is 0.0554. The fourth-order valence-electron chi connectivity index (χ4n) is 5.84. The molecule has 2 saturated heterocycles. The fourth-order valence-corrected chi connectivity index (χ4v) is 8.98. The second-order valence-corrected chi connectivity index (χ2v) is 13.7. The largest absolute Gasteiger partial charge is 0.379 e. The van der Waals surface area contributed by atoms with E-state index in [0.29, 0.717) is 63.1 Å². The highest BCUT2D eigenvalue weighted by atomic mass is 32.2. The van der Waals surface area contributed by atoms with Crippen LogP contribution >= 0.6 is 11.8 Å². The fraction of sp³-hybridized carbons (Fsp3) is 0.464. The predicted octanol–water partition coefficient (Wildman–Crippen LogP) is 3.70. The molecular formula is C28H32N6O4S2. The molecule has 0 spiro atoms. The maximum atomic E-state index is 13.5. The van der Waals surface area contributed by atoms with Gasteiger partial charge < -0.3 is 19.4 Å². The Balaban J connectivity index is 1.25. The minimum atomic E-state index is -3.51. The Kier molecular flexibility index (Phi) is 6.91. The van der Waals surface area contributed by atoms with Crippen LogP contribution in [0.25, 0.3) is 22.4 Å². The van der Waals surface area contributed by atoms with Gasteiger partial charge in [-0.1, -0.05) is 13.0 Å². The molecule has 0 saturated carbocycles. The maximum Gasteiger partial charge on any atom is 0.239 e. The molecule has 1 N–H and O–H groups in total. The number of H-pyrrole nitrogens is 1. The molecule has 4 aliphatic rings. The van der Waals surface area contributed by atoms with Gasteiger partial charge in [-0.2, -0.15) is 4.31 Å². The van der Waals surface area contributed by atoms with Crippen LogP contribution in [0.2, 0.25) is 0 Å². The molecule has 0 aromatic carbocycles. The van der Waals surface area contributed by atoms with E-state index in [2.05, 4.69) is 33.9 Å². The minimum Gasteiger partial charge on any atom is -0.379 e. The highest BCUT2D eigenvalue weighted by molar-refractivity contribution is 8.00. The molecule has 0 radical (unpaired) electrons. The van der Waals surface area contributed by atoms with Gasteiger partial charge in [-0.3, -0.25) is 0 Å². The molecular weight excluding hydrogens is 548 g/mol. The summed E-state index contributed by atoms with van der Waals surface area (Å²) in [4.78, 5) is 21.8. The quantitative estimate of drug-likeness (QED) is 0.483. The Hall–Kier alpha value is -2.77. The van der Waals surface area contributed by atoms with Crippen molar-refractivity contribution in [2.24, 2.45) is 0 Å². The summed E-state index contributed by atoms with van der Waals surface area (Å²) in [6.07, 6.45) is 9.06. The van der Waals surface area contributed by atoms with Gasteiger partial charge in [-0.15, -0.1) is 11.8 Å². The van der Waals surface area contributed by atoms with Crippen molar-refractivity contribution in [3.63, 3.8) is 0 Å². The van der Waals surface area contributed by atoms with Crippen LogP contribution in [-0.2, 0) is 19.5 Å². The Morgan fingerprint density at radius 2 is 1.85 bits per heavy atom. The first kappa shape index (κ1) is 26.1. The number of morpholine rings is 2. The molecule has 1 aliphatic carbocycles. The number of rotatable bonds is 5. The third-order valence-electron chi connectivity index (χ3n) is 8.04. The number of fused-ring (bicyclic) bond motifs is 2. The third kappa shape index (κ3) is 4.65. The van der Waals surface area contributed by atoms with Crippen molar-refractivity contribution < 1.29 is 17.9 Å². The van der Waals surface area contributed by atoms with Gasteiger partial charge in [0.15, 0.2) is 5.82 Å². The number of anilines is 1. The second kappa shape index (κ2) is 10.6. The molecule has 3 aliphatic heterocycles. The summed E-state index contributed by atoms with van der Waals surface area (Å²) >= 11 is 1.76. The molecule has 7 rings (SSSR count). The monoisotopic (exact) mass is 580 g/mol. The van der Waals surface area contributed by atoms with E-state index in [4.69, 9.17) is 19.4 Å². The molecule has 2 unspecified atom stereocenters. The van der Waals surface area contributed by atoms with E-state index in [1.807, 2.05) is 24.5 Å². The van der Waals surface area contributed by atoms with Crippen LogP contribution in [0.1, 0.15) is 31.4 Å². The van der Waals surface area contributed by atoms with E-state index in [-0.39, 0.29) is 11.2 Å². The second-order valence-electron chi connectivity index (χ2n) is 10.5.